The molecular weight excluding hydrogens is 194 g/mol. The van der Waals surface area contributed by atoms with Crippen LogP contribution in [0.25, 0.3) is 0 Å². The Balaban J connectivity index is 2.70. The Morgan fingerprint density at radius 3 is 2.85 bits per heavy atom. The summed E-state index contributed by atoms with van der Waals surface area (Å²) in [5.74, 6) is 0. The molecule has 1 fully saturated rings. The molecule has 0 atom stereocenters. The highest BCUT2D eigenvalue weighted by Gasteiger charge is 2.11. The second-order valence-electron chi connectivity index (χ2n) is 2.56. The Labute approximate surface area is 76.3 Å². The van der Waals surface area contributed by atoms with Gasteiger partial charge in [0.2, 0.25) is 0 Å². The van der Waals surface area contributed by atoms with Crippen molar-refractivity contribution in [1.82, 2.24) is 5.32 Å². The van der Waals surface area contributed by atoms with Crippen molar-refractivity contribution in [1.29, 1.82) is 5.41 Å². The largest absolute Gasteiger partial charge is 0.384 e. The van der Waals surface area contributed by atoms with Gasteiger partial charge in [-0.05, 0) is 6.08 Å². The highest BCUT2D eigenvalue weighted by Crippen LogP contribution is 1.98. The lowest BCUT2D eigenvalue weighted by molar-refractivity contribution is 0.132. The Hall–Kier alpha value is -0.920. The van der Waals surface area contributed by atoms with E-state index in [0.717, 1.165) is 6.08 Å². The van der Waals surface area contributed by atoms with Crippen molar-refractivity contribution in [2.24, 2.45) is 5.14 Å². The van der Waals surface area contributed by atoms with Crippen molar-refractivity contribution in [3.8, 4) is 0 Å². The predicted molar refractivity (Wildman–Crippen MR) is 47.7 cm³/mol. The highest BCUT2D eigenvalue weighted by molar-refractivity contribution is 8.04. The molecule has 0 aromatic rings. The zero-order chi connectivity index (χ0) is 9.90. The lowest BCUT2D eigenvalue weighted by atomic mass is 10.4. The van der Waals surface area contributed by atoms with E-state index in [9.17, 15) is 8.42 Å². The molecule has 0 aromatic heterocycles. The van der Waals surface area contributed by atoms with Crippen molar-refractivity contribution in [3.05, 3.63) is 11.8 Å². The van der Waals surface area contributed by atoms with Crippen LogP contribution in [0.5, 0.6) is 0 Å². The monoisotopic (exact) mass is 205 g/mol. The van der Waals surface area contributed by atoms with Gasteiger partial charge in [0.05, 0.1) is 13.2 Å². The number of primary sulfonamides is 1. The molecular formula is C6H11N3O3S. The first-order valence-electron chi connectivity index (χ1n) is 3.63. The van der Waals surface area contributed by atoms with Gasteiger partial charge in [-0.15, -0.1) is 0 Å². The fourth-order valence-corrected chi connectivity index (χ4v) is 1.16. The number of hydrogen-bond donors (Lipinski definition) is 3. The van der Waals surface area contributed by atoms with E-state index in [1.807, 2.05) is 0 Å². The van der Waals surface area contributed by atoms with E-state index in [2.05, 4.69) is 5.32 Å². The predicted octanol–water partition coefficient (Wildman–Crippen LogP) is -1.24. The highest BCUT2D eigenvalue weighted by atomic mass is 32.2. The van der Waals surface area contributed by atoms with Crippen molar-refractivity contribution in [2.75, 3.05) is 19.8 Å². The summed E-state index contributed by atoms with van der Waals surface area (Å²) < 4.78 is 26.3. The van der Waals surface area contributed by atoms with Crippen LogP contribution < -0.4 is 10.5 Å². The minimum Gasteiger partial charge on any atom is -0.384 e. The average Bonchev–Trinajstić information content (AvgIpc) is 2.04. The molecule has 0 saturated carbocycles. The first-order chi connectivity index (χ1) is 6.00. The molecule has 0 aliphatic carbocycles. The van der Waals surface area contributed by atoms with E-state index in [1.165, 1.54) is 0 Å². The molecule has 6 nitrogen and oxygen atoms in total. The number of nitrogens with two attached hydrogens (primary N) is 1. The van der Waals surface area contributed by atoms with Crippen LogP contribution in [0.15, 0.2) is 11.8 Å². The fraction of sp³-hybridized carbons (Fsp3) is 0.500. The minimum absolute atomic E-state index is 0.290. The van der Waals surface area contributed by atoms with Crippen LogP contribution in [0.1, 0.15) is 0 Å². The molecule has 0 amide bonds. The molecule has 74 valence electrons. The van der Waals surface area contributed by atoms with Crippen molar-refractivity contribution < 1.29 is 13.2 Å². The number of morpholine rings is 1. The molecule has 7 heteroatoms. The van der Waals surface area contributed by atoms with Gasteiger partial charge in [0.25, 0.3) is 10.0 Å². The van der Waals surface area contributed by atoms with Gasteiger partial charge in [0, 0.05) is 12.2 Å². The minimum atomic E-state index is -3.89. The third kappa shape index (κ3) is 3.13. The summed E-state index contributed by atoms with van der Waals surface area (Å²) in [7, 11) is -3.89. The molecule has 1 rings (SSSR count). The number of ether oxygens (including phenoxy) is 1. The van der Waals surface area contributed by atoms with Crippen LogP contribution in [0.4, 0.5) is 0 Å². The molecule has 0 unspecified atom stereocenters. The summed E-state index contributed by atoms with van der Waals surface area (Å²) >= 11 is 0. The summed E-state index contributed by atoms with van der Waals surface area (Å²) in [6.45, 7) is 1.49. The number of sulfonamides is 1. The van der Waals surface area contributed by atoms with E-state index < -0.39 is 15.1 Å². The van der Waals surface area contributed by atoms with Crippen molar-refractivity contribution in [2.45, 2.75) is 0 Å². The Morgan fingerprint density at radius 1 is 1.69 bits per heavy atom. The normalized spacial score (nSPS) is 21.2. The fourth-order valence-electron chi connectivity index (χ4n) is 0.850. The molecule has 1 aliphatic heterocycles. The Kier molecular flexibility index (Phi) is 3.02. The molecule has 0 bridgehead atoms. The average molecular weight is 205 g/mol. The maximum atomic E-state index is 10.6. The second-order valence-corrected chi connectivity index (χ2v) is 4.09. The zero-order valence-electron chi connectivity index (χ0n) is 6.91. The summed E-state index contributed by atoms with van der Waals surface area (Å²) in [5, 5.41) is 14.1. The van der Waals surface area contributed by atoms with Crippen LogP contribution in [-0.4, -0.2) is 33.2 Å². The Morgan fingerprint density at radius 2 is 2.38 bits per heavy atom. The van der Waals surface area contributed by atoms with Gasteiger partial charge in [-0.1, -0.05) is 0 Å². The number of nitrogens with one attached hydrogen (secondary N) is 2. The molecule has 1 saturated heterocycles. The van der Waals surface area contributed by atoms with Crippen molar-refractivity contribution in [3.63, 3.8) is 0 Å². The van der Waals surface area contributed by atoms with Gasteiger partial charge < -0.3 is 10.1 Å². The standard InChI is InChI=1S/C6H11N3O3S/c7-6(13(8,10)11)3-5-4-12-2-1-9-5/h3,7,9H,1-2,4H2,(H2,8,10,11)/b5-3-,7-6?. The van der Waals surface area contributed by atoms with Gasteiger partial charge in [-0.2, -0.15) is 0 Å². The Bertz CT molecular complexity index is 325. The summed E-state index contributed by atoms with van der Waals surface area (Å²) in [5.41, 5.74) is 0.560. The molecule has 0 radical (unpaired) electrons. The molecule has 0 spiro atoms. The summed E-state index contributed by atoms with van der Waals surface area (Å²) in [6, 6.07) is 0. The molecule has 0 aromatic carbocycles. The van der Waals surface area contributed by atoms with E-state index in [0.29, 0.717) is 18.8 Å². The van der Waals surface area contributed by atoms with Gasteiger partial charge in [0.15, 0.2) is 5.04 Å². The third-order valence-corrected chi connectivity index (χ3v) is 2.20. The van der Waals surface area contributed by atoms with Crippen LogP contribution >= 0.6 is 0 Å². The van der Waals surface area contributed by atoms with Gasteiger partial charge in [-0.3, -0.25) is 5.41 Å². The molecule has 1 heterocycles. The number of hydrogen-bond acceptors (Lipinski definition) is 5. The van der Waals surface area contributed by atoms with Crippen molar-refractivity contribution >= 4 is 15.1 Å². The second kappa shape index (κ2) is 3.86. The van der Waals surface area contributed by atoms with E-state index >= 15 is 0 Å². The van der Waals surface area contributed by atoms with Crippen LogP contribution in [0.3, 0.4) is 0 Å². The smallest absolute Gasteiger partial charge is 0.254 e. The van der Waals surface area contributed by atoms with E-state index in [1.54, 1.807) is 0 Å². The topological polar surface area (TPSA) is 105 Å². The quantitative estimate of drug-likeness (QED) is 0.367. The zero-order valence-corrected chi connectivity index (χ0v) is 7.73. The maximum Gasteiger partial charge on any atom is 0.254 e. The molecule has 1 aliphatic rings. The summed E-state index contributed by atoms with van der Waals surface area (Å²) in [6.07, 6.45) is 1.16. The first kappa shape index (κ1) is 10.2. The lowest BCUT2D eigenvalue weighted by Gasteiger charge is -2.16. The van der Waals surface area contributed by atoms with Gasteiger partial charge in [-0.25, -0.2) is 13.6 Å². The summed E-state index contributed by atoms with van der Waals surface area (Å²) in [4.78, 5) is 0. The molecule has 4 N–H and O–H groups in total. The van der Waals surface area contributed by atoms with Crippen LogP contribution in [0.2, 0.25) is 0 Å². The van der Waals surface area contributed by atoms with Gasteiger partial charge in [0.1, 0.15) is 0 Å². The first-order valence-corrected chi connectivity index (χ1v) is 5.18. The SMILES string of the molecule is N=C(/C=C1/COCCN1)S(N)(=O)=O. The maximum absolute atomic E-state index is 10.6. The molecule has 13 heavy (non-hydrogen) atoms. The van der Waals surface area contributed by atoms with Gasteiger partial charge >= 0.3 is 0 Å². The third-order valence-electron chi connectivity index (χ3n) is 1.47. The van der Waals surface area contributed by atoms with E-state index in [4.69, 9.17) is 15.3 Å². The van der Waals surface area contributed by atoms with Crippen LogP contribution in [0, 0.1) is 5.41 Å². The number of rotatable bonds is 1. The van der Waals surface area contributed by atoms with E-state index in [-0.39, 0.29) is 6.61 Å². The van der Waals surface area contributed by atoms with Crippen LogP contribution in [-0.2, 0) is 14.8 Å². The lowest BCUT2D eigenvalue weighted by Crippen LogP contribution is -2.30.